The molecule has 25 heavy (non-hydrogen) atoms. The molecule has 3 aromatic rings. The highest BCUT2D eigenvalue weighted by molar-refractivity contribution is 6.33. The molecule has 0 atom stereocenters. The summed E-state index contributed by atoms with van der Waals surface area (Å²) in [7, 11) is 3.38. The van der Waals surface area contributed by atoms with Gasteiger partial charge in [-0.15, -0.1) is 0 Å². The summed E-state index contributed by atoms with van der Waals surface area (Å²) in [5.41, 5.74) is 2.44. The molecular formula is C20H16ClNO3. The molecular weight excluding hydrogens is 338 g/mol. The van der Waals surface area contributed by atoms with E-state index in [-0.39, 0.29) is 17.2 Å². The van der Waals surface area contributed by atoms with Gasteiger partial charge in [-0.1, -0.05) is 35.9 Å². The summed E-state index contributed by atoms with van der Waals surface area (Å²) in [5, 5.41) is 11.7. The first-order valence-electron chi connectivity index (χ1n) is 7.65. The van der Waals surface area contributed by atoms with E-state index in [9.17, 15) is 14.7 Å². The Morgan fingerprint density at radius 2 is 1.84 bits per heavy atom. The molecule has 0 saturated heterocycles. The molecule has 5 heteroatoms. The molecule has 4 nitrogen and oxygen atoms in total. The summed E-state index contributed by atoms with van der Waals surface area (Å²) >= 11 is 6.38. The highest BCUT2D eigenvalue weighted by Crippen LogP contribution is 2.33. The van der Waals surface area contributed by atoms with Gasteiger partial charge in [0.15, 0.2) is 6.29 Å². The van der Waals surface area contributed by atoms with Gasteiger partial charge in [0.2, 0.25) is 0 Å². The molecule has 126 valence electrons. The Morgan fingerprint density at radius 1 is 1.08 bits per heavy atom. The van der Waals surface area contributed by atoms with Crippen LogP contribution in [0.1, 0.15) is 20.7 Å². The summed E-state index contributed by atoms with van der Waals surface area (Å²) < 4.78 is 0. The minimum Gasteiger partial charge on any atom is -0.507 e. The summed E-state index contributed by atoms with van der Waals surface area (Å²) in [6.07, 6.45) is 0.645. The third kappa shape index (κ3) is 3.08. The number of phenols is 1. The van der Waals surface area contributed by atoms with Crippen LogP contribution in [0.3, 0.4) is 0 Å². The van der Waals surface area contributed by atoms with E-state index in [1.54, 1.807) is 44.4 Å². The lowest BCUT2D eigenvalue weighted by atomic mass is 9.97. The van der Waals surface area contributed by atoms with Gasteiger partial charge in [0.05, 0.1) is 5.56 Å². The first-order valence-corrected chi connectivity index (χ1v) is 8.02. The van der Waals surface area contributed by atoms with Gasteiger partial charge in [0.25, 0.3) is 5.91 Å². The topological polar surface area (TPSA) is 57.6 Å². The smallest absolute Gasteiger partial charge is 0.253 e. The van der Waals surface area contributed by atoms with Crippen LogP contribution in [-0.4, -0.2) is 36.3 Å². The molecule has 1 amide bonds. The highest BCUT2D eigenvalue weighted by atomic mass is 35.5. The van der Waals surface area contributed by atoms with E-state index in [1.807, 2.05) is 12.1 Å². The van der Waals surface area contributed by atoms with E-state index >= 15 is 0 Å². The Kier molecular flexibility index (Phi) is 4.47. The average Bonchev–Trinajstić information content (AvgIpc) is 2.60. The third-order valence-corrected chi connectivity index (χ3v) is 4.40. The number of phenolic OH excluding ortho intramolecular Hbond substituents is 1. The summed E-state index contributed by atoms with van der Waals surface area (Å²) in [6.45, 7) is 0. The van der Waals surface area contributed by atoms with Gasteiger partial charge >= 0.3 is 0 Å². The second kappa shape index (κ2) is 6.57. The van der Waals surface area contributed by atoms with Crippen molar-refractivity contribution in [2.75, 3.05) is 14.1 Å². The van der Waals surface area contributed by atoms with Gasteiger partial charge < -0.3 is 10.0 Å². The van der Waals surface area contributed by atoms with Crippen LogP contribution in [-0.2, 0) is 0 Å². The molecule has 0 unspecified atom stereocenters. The number of halogens is 1. The lowest BCUT2D eigenvalue weighted by Gasteiger charge is -2.12. The molecule has 1 N–H and O–H groups in total. The largest absolute Gasteiger partial charge is 0.507 e. The predicted molar refractivity (Wildman–Crippen MR) is 99.5 cm³/mol. The minimum atomic E-state index is -0.113. The number of carbonyl (C=O) groups is 2. The van der Waals surface area contributed by atoms with Crippen LogP contribution in [0, 0.1) is 0 Å². The molecule has 0 aromatic heterocycles. The molecule has 0 aliphatic heterocycles. The maximum Gasteiger partial charge on any atom is 0.253 e. The molecule has 3 rings (SSSR count). The van der Waals surface area contributed by atoms with E-state index in [2.05, 4.69) is 0 Å². The molecule has 0 heterocycles. The molecule has 0 radical (unpaired) electrons. The van der Waals surface area contributed by atoms with Gasteiger partial charge in [-0.05, 0) is 40.6 Å². The van der Waals surface area contributed by atoms with Crippen molar-refractivity contribution in [3.8, 4) is 16.9 Å². The molecule has 0 bridgehead atoms. The zero-order chi connectivity index (χ0) is 18.1. The van der Waals surface area contributed by atoms with Crippen LogP contribution >= 0.6 is 11.6 Å². The fraction of sp³-hybridized carbons (Fsp3) is 0.100. The zero-order valence-corrected chi connectivity index (χ0v) is 14.5. The SMILES string of the molecule is CN(C)C(=O)c1ccc(-c2ccc3c(C=O)c(O)ccc3c2)c(Cl)c1. The Morgan fingerprint density at radius 3 is 2.48 bits per heavy atom. The van der Waals surface area contributed by atoms with Crippen molar-refractivity contribution >= 4 is 34.6 Å². The van der Waals surface area contributed by atoms with Crippen LogP contribution in [0.2, 0.25) is 5.02 Å². The molecule has 3 aromatic carbocycles. The van der Waals surface area contributed by atoms with Gasteiger partial charge in [-0.3, -0.25) is 9.59 Å². The number of rotatable bonds is 3. The fourth-order valence-corrected chi connectivity index (χ4v) is 3.06. The molecule has 0 fully saturated rings. The lowest BCUT2D eigenvalue weighted by molar-refractivity contribution is 0.0827. The lowest BCUT2D eigenvalue weighted by Crippen LogP contribution is -2.21. The van der Waals surface area contributed by atoms with Crippen LogP contribution in [0.4, 0.5) is 0 Å². The number of benzene rings is 3. The number of aldehydes is 1. The highest BCUT2D eigenvalue weighted by Gasteiger charge is 2.13. The van der Waals surface area contributed by atoms with Crippen LogP contribution in [0.15, 0.2) is 48.5 Å². The first-order chi connectivity index (χ1) is 11.9. The predicted octanol–water partition coefficient (Wildman–Crippen LogP) is 4.38. The molecule has 0 saturated carbocycles. The third-order valence-electron chi connectivity index (χ3n) is 4.09. The Bertz CT molecular complexity index is 996. The van der Waals surface area contributed by atoms with Crippen molar-refractivity contribution in [3.63, 3.8) is 0 Å². The number of hydrogen-bond acceptors (Lipinski definition) is 3. The quantitative estimate of drug-likeness (QED) is 0.711. The van der Waals surface area contributed by atoms with Crippen molar-refractivity contribution in [3.05, 3.63) is 64.7 Å². The Balaban J connectivity index is 2.09. The van der Waals surface area contributed by atoms with E-state index in [1.165, 1.54) is 11.0 Å². The van der Waals surface area contributed by atoms with E-state index in [0.717, 1.165) is 16.5 Å². The number of carbonyl (C=O) groups excluding carboxylic acids is 2. The van der Waals surface area contributed by atoms with E-state index in [4.69, 9.17) is 11.6 Å². The van der Waals surface area contributed by atoms with Crippen LogP contribution < -0.4 is 0 Å². The van der Waals surface area contributed by atoms with E-state index < -0.39 is 0 Å². The van der Waals surface area contributed by atoms with Gasteiger partial charge in [-0.25, -0.2) is 0 Å². The van der Waals surface area contributed by atoms with Gasteiger partial charge in [0, 0.05) is 30.2 Å². The van der Waals surface area contributed by atoms with Crippen molar-refractivity contribution in [1.29, 1.82) is 0 Å². The molecule has 0 aliphatic rings. The zero-order valence-electron chi connectivity index (χ0n) is 13.8. The number of hydrogen-bond donors (Lipinski definition) is 1. The number of fused-ring (bicyclic) bond motifs is 1. The Labute approximate surface area is 150 Å². The summed E-state index contributed by atoms with van der Waals surface area (Å²) in [4.78, 5) is 24.7. The molecule has 0 spiro atoms. The normalized spacial score (nSPS) is 10.7. The standard InChI is InChI=1S/C20H16ClNO3/c1-22(2)20(25)14-4-7-16(18(21)10-14)13-3-6-15-12(9-13)5-8-19(24)17(15)11-23/h3-11,24H,1-2H3. The summed E-state index contributed by atoms with van der Waals surface area (Å²) in [5.74, 6) is -0.155. The second-order valence-corrected chi connectivity index (χ2v) is 6.35. The van der Waals surface area contributed by atoms with Gasteiger partial charge in [0.1, 0.15) is 5.75 Å². The number of aromatic hydroxyl groups is 1. The van der Waals surface area contributed by atoms with Crippen molar-refractivity contribution in [1.82, 2.24) is 4.90 Å². The fourth-order valence-electron chi connectivity index (χ4n) is 2.77. The monoisotopic (exact) mass is 353 g/mol. The average molecular weight is 354 g/mol. The number of nitrogens with zero attached hydrogens (tertiary/aromatic N) is 1. The van der Waals surface area contributed by atoms with Crippen molar-refractivity contribution in [2.24, 2.45) is 0 Å². The number of amides is 1. The molecule has 0 aliphatic carbocycles. The van der Waals surface area contributed by atoms with Crippen molar-refractivity contribution < 1.29 is 14.7 Å². The van der Waals surface area contributed by atoms with Gasteiger partial charge in [-0.2, -0.15) is 0 Å². The van der Waals surface area contributed by atoms with E-state index in [0.29, 0.717) is 22.3 Å². The minimum absolute atomic E-state index is 0.0418. The van der Waals surface area contributed by atoms with Crippen molar-refractivity contribution in [2.45, 2.75) is 0 Å². The summed E-state index contributed by atoms with van der Waals surface area (Å²) in [6, 6.07) is 14.0. The van der Waals surface area contributed by atoms with Crippen LogP contribution in [0.25, 0.3) is 21.9 Å². The second-order valence-electron chi connectivity index (χ2n) is 5.95. The van der Waals surface area contributed by atoms with Crippen LogP contribution in [0.5, 0.6) is 5.75 Å². The first kappa shape index (κ1) is 17.0. The Hall–Kier alpha value is -2.85. The maximum atomic E-state index is 12.0. The maximum absolute atomic E-state index is 12.0.